The Morgan fingerprint density at radius 1 is 0.708 bits per heavy atom. The van der Waals surface area contributed by atoms with E-state index < -0.39 is 0 Å². The second-order valence-electron chi connectivity index (χ2n) is 5.81. The topological polar surface area (TPSA) is 0 Å². The maximum Gasteiger partial charge on any atom is 0.0393 e. The van der Waals surface area contributed by atoms with Gasteiger partial charge in [0.1, 0.15) is 0 Å². The third kappa shape index (κ3) is 3.65. The minimum absolute atomic E-state index is 1.05. The molecule has 0 aliphatic carbocycles. The Morgan fingerprint density at radius 2 is 1.29 bits per heavy atom. The number of hydrogen-bond acceptors (Lipinski definition) is 0. The third-order valence-electron chi connectivity index (χ3n) is 4.20. The lowest BCUT2D eigenvalue weighted by atomic mass is 9.99. The van der Waals surface area contributed by atoms with Crippen molar-refractivity contribution in [3.63, 3.8) is 0 Å². The predicted octanol–water partition coefficient (Wildman–Crippen LogP) is 6.20. The van der Waals surface area contributed by atoms with Gasteiger partial charge in [-0.15, -0.1) is 0 Å². The number of rotatable bonds is 3. The first kappa shape index (κ1) is 15.8. The van der Waals surface area contributed by atoms with Crippen molar-refractivity contribution in [2.24, 2.45) is 0 Å². The molecule has 0 heteroatoms. The summed E-state index contributed by atoms with van der Waals surface area (Å²) < 4.78 is 0. The lowest BCUT2D eigenvalue weighted by Gasteiger charge is -2.04. The molecule has 0 atom stereocenters. The van der Waals surface area contributed by atoms with E-state index in [1.54, 1.807) is 0 Å². The normalized spacial score (nSPS) is 9.75. The second kappa shape index (κ2) is 7.49. The fraction of sp³-hybridized carbons (Fsp3) is 0.0833. The van der Waals surface area contributed by atoms with Crippen LogP contribution in [0.3, 0.4) is 0 Å². The van der Waals surface area contributed by atoms with Crippen LogP contribution in [0.4, 0.5) is 0 Å². The van der Waals surface area contributed by atoms with E-state index in [1.807, 2.05) is 42.5 Å². The van der Waals surface area contributed by atoms with Crippen molar-refractivity contribution in [2.75, 3.05) is 0 Å². The molecule has 0 spiro atoms. The van der Waals surface area contributed by atoms with E-state index in [0.29, 0.717) is 0 Å². The highest BCUT2D eigenvalue weighted by molar-refractivity contribution is 5.79. The van der Waals surface area contributed by atoms with Crippen molar-refractivity contribution in [3.8, 4) is 0 Å². The fourth-order valence-corrected chi connectivity index (χ4v) is 2.64. The molecule has 0 saturated carbocycles. The van der Waals surface area contributed by atoms with Crippen LogP contribution in [0.5, 0.6) is 0 Å². The monoisotopic (exact) mass is 308 g/mol. The molecule has 0 radical (unpaired) electrons. The van der Waals surface area contributed by atoms with Crippen LogP contribution < -0.4 is 0 Å². The molecule has 0 fully saturated rings. The van der Waals surface area contributed by atoms with Gasteiger partial charge >= 0.3 is 0 Å². The highest BCUT2D eigenvalue weighted by atomic mass is 14.1. The maximum absolute atomic E-state index is 3.36. The van der Waals surface area contributed by atoms with Gasteiger partial charge in [-0.3, -0.25) is 0 Å². The molecule has 116 valence electrons. The third-order valence-corrected chi connectivity index (χ3v) is 4.20. The smallest absolute Gasteiger partial charge is 0.0393 e. The lowest BCUT2D eigenvalue weighted by Crippen LogP contribution is -1.85. The molecule has 24 heavy (non-hydrogen) atoms. The zero-order valence-corrected chi connectivity index (χ0v) is 14.1. The minimum Gasteiger partial charge on any atom is -0.0689 e. The van der Waals surface area contributed by atoms with Crippen LogP contribution in [0.15, 0.2) is 90.3 Å². The first-order chi connectivity index (χ1) is 11.8. The molecule has 0 amide bonds. The molecule has 0 unspecified atom stereocenters. The summed E-state index contributed by atoms with van der Waals surface area (Å²) in [6.45, 7) is 4.27. The van der Waals surface area contributed by atoms with Crippen LogP contribution in [-0.4, -0.2) is 0 Å². The van der Waals surface area contributed by atoms with Gasteiger partial charge in [-0.05, 0) is 47.7 Å². The molecule has 3 rings (SSSR count). The van der Waals surface area contributed by atoms with E-state index in [-0.39, 0.29) is 0 Å². The Morgan fingerprint density at radius 3 is 1.88 bits per heavy atom. The summed E-state index contributed by atoms with van der Waals surface area (Å²) in [6.07, 6.45) is 2.01. The van der Waals surface area contributed by atoms with Gasteiger partial charge < -0.3 is 0 Å². The van der Waals surface area contributed by atoms with E-state index in [2.05, 4.69) is 67.8 Å². The number of hydrogen-bond donors (Lipinski definition) is 0. The molecule has 3 aromatic carbocycles. The zero-order valence-electron chi connectivity index (χ0n) is 14.1. The standard InChI is InChI=1S/C24H20/c1-19-11-9-16-21(20(19)2)17-10-18-24(22-12-5-3-6-13-22)23-14-7-4-8-15-23/h3-9,11-17H,1-2H3. The van der Waals surface area contributed by atoms with Crippen LogP contribution >= 0.6 is 0 Å². The first-order valence-electron chi connectivity index (χ1n) is 8.14. The van der Waals surface area contributed by atoms with Gasteiger partial charge in [0.15, 0.2) is 0 Å². The van der Waals surface area contributed by atoms with Gasteiger partial charge in [0, 0.05) is 5.57 Å². The SMILES string of the molecule is Cc1cccc(C=C=C=C(c2ccccc2)c2ccccc2)c1C. The largest absolute Gasteiger partial charge is 0.0689 e. The zero-order chi connectivity index (χ0) is 16.8. The number of aryl methyl sites for hydroxylation is 1. The Balaban J connectivity index is 2.13. The summed E-state index contributed by atoms with van der Waals surface area (Å²) in [6, 6.07) is 27.0. The first-order valence-corrected chi connectivity index (χ1v) is 8.14. The molecule has 0 N–H and O–H groups in total. The summed E-state index contributed by atoms with van der Waals surface area (Å²) in [5.74, 6) is 0. The fourth-order valence-electron chi connectivity index (χ4n) is 2.64. The molecule has 0 aliphatic rings. The average molecular weight is 308 g/mol. The Kier molecular flexibility index (Phi) is 4.94. The van der Waals surface area contributed by atoms with E-state index in [4.69, 9.17) is 0 Å². The summed E-state index contributed by atoms with van der Waals surface area (Å²) >= 11 is 0. The summed E-state index contributed by atoms with van der Waals surface area (Å²) in [7, 11) is 0. The molecule has 0 heterocycles. The van der Waals surface area contributed by atoms with Crippen molar-refractivity contribution in [1.29, 1.82) is 0 Å². The van der Waals surface area contributed by atoms with Crippen LogP contribution in [0.25, 0.3) is 11.6 Å². The van der Waals surface area contributed by atoms with Gasteiger partial charge in [0.05, 0.1) is 0 Å². The van der Waals surface area contributed by atoms with Gasteiger partial charge in [-0.1, -0.05) is 90.3 Å². The van der Waals surface area contributed by atoms with Crippen LogP contribution in [-0.2, 0) is 0 Å². The van der Waals surface area contributed by atoms with Crippen LogP contribution in [0, 0.1) is 13.8 Å². The van der Waals surface area contributed by atoms with Crippen LogP contribution in [0.1, 0.15) is 27.8 Å². The summed E-state index contributed by atoms with van der Waals surface area (Å²) in [4.78, 5) is 0. The van der Waals surface area contributed by atoms with Gasteiger partial charge in [0.2, 0.25) is 0 Å². The Labute approximate surface area is 144 Å². The highest BCUT2D eigenvalue weighted by Crippen LogP contribution is 2.21. The molecular weight excluding hydrogens is 288 g/mol. The van der Waals surface area contributed by atoms with Crippen molar-refractivity contribution >= 4 is 11.6 Å². The molecule has 0 saturated heterocycles. The maximum atomic E-state index is 3.36. The van der Waals surface area contributed by atoms with Crippen molar-refractivity contribution in [1.82, 2.24) is 0 Å². The van der Waals surface area contributed by atoms with Gasteiger partial charge in [-0.25, -0.2) is 0 Å². The molecule has 3 aromatic rings. The molecule has 0 nitrogen and oxygen atoms in total. The summed E-state index contributed by atoms with van der Waals surface area (Å²) in [5.41, 5.74) is 13.7. The van der Waals surface area contributed by atoms with Crippen molar-refractivity contribution in [2.45, 2.75) is 13.8 Å². The summed E-state index contributed by atoms with van der Waals surface area (Å²) in [5, 5.41) is 0. The van der Waals surface area contributed by atoms with Gasteiger partial charge in [-0.2, -0.15) is 0 Å². The number of benzene rings is 3. The van der Waals surface area contributed by atoms with E-state index >= 15 is 0 Å². The highest BCUT2D eigenvalue weighted by Gasteiger charge is 2.02. The van der Waals surface area contributed by atoms with Gasteiger partial charge in [0.25, 0.3) is 0 Å². The van der Waals surface area contributed by atoms with Crippen LogP contribution in [0.2, 0.25) is 0 Å². The lowest BCUT2D eigenvalue weighted by molar-refractivity contribution is 1.33. The average Bonchev–Trinajstić information content (AvgIpc) is 2.63. The molecule has 0 bridgehead atoms. The Hall–Kier alpha value is -3.04. The molecular formula is C24H20. The van der Waals surface area contributed by atoms with E-state index in [9.17, 15) is 0 Å². The minimum atomic E-state index is 1.05. The second-order valence-corrected chi connectivity index (χ2v) is 5.81. The predicted molar refractivity (Wildman–Crippen MR) is 103 cm³/mol. The molecule has 0 aliphatic heterocycles. The van der Waals surface area contributed by atoms with E-state index in [1.165, 1.54) is 16.7 Å². The molecule has 0 aromatic heterocycles. The van der Waals surface area contributed by atoms with Crippen molar-refractivity contribution in [3.05, 3.63) is 118 Å². The van der Waals surface area contributed by atoms with Crippen molar-refractivity contribution < 1.29 is 0 Å². The van der Waals surface area contributed by atoms with E-state index in [0.717, 1.165) is 16.7 Å². The Bertz CT molecular complexity index is 877. The quantitative estimate of drug-likeness (QED) is 0.505.